The van der Waals surface area contributed by atoms with Crippen LogP contribution in [0.4, 0.5) is 13.2 Å². The third kappa shape index (κ3) is 3.24. The van der Waals surface area contributed by atoms with Gasteiger partial charge < -0.3 is 4.74 Å². The van der Waals surface area contributed by atoms with Gasteiger partial charge in [-0.3, -0.25) is 4.79 Å². The number of hydrogen-bond donors (Lipinski definition) is 0. The molecule has 110 valence electrons. The predicted octanol–water partition coefficient (Wildman–Crippen LogP) is 4.12. The molecule has 0 N–H and O–H groups in total. The monoisotopic (exact) mass is 294 g/mol. The summed E-state index contributed by atoms with van der Waals surface area (Å²) in [6.45, 7) is 2.32. The average molecular weight is 294 g/mol. The van der Waals surface area contributed by atoms with E-state index in [1.54, 1.807) is 18.2 Å². The van der Waals surface area contributed by atoms with Crippen LogP contribution in [0.15, 0.2) is 36.4 Å². The zero-order valence-electron chi connectivity index (χ0n) is 11.3. The maximum Gasteiger partial charge on any atom is 0.196 e. The molecule has 0 radical (unpaired) electrons. The highest BCUT2D eigenvalue weighted by molar-refractivity contribution is 6.10. The van der Waals surface area contributed by atoms with E-state index < -0.39 is 23.2 Å². The van der Waals surface area contributed by atoms with E-state index >= 15 is 0 Å². The number of carbonyl (C=O) groups excluding carboxylic acids is 1. The van der Waals surface area contributed by atoms with Crippen molar-refractivity contribution in [2.75, 3.05) is 6.61 Å². The number of ketones is 1. The molecule has 0 spiro atoms. The highest BCUT2D eigenvalue weighted by Crippen LogP contribution is 2.23. The molecule has 0 amide bonds. The fourth-order valence-electron chi connectivity index (χ4n) is 1.83. The fraction of sp³-hybridized carbons (Fsp3) is 0.188. The van der Waals surface area contributed by atoms with Gasteiger partial charge >= 0.3 is 0 Å². The van der Waals surface area contributed by atoms with Crippen LogP contribution in [-0.4, -0.2) is 12.4 Å². The van der Waals surface area contributed by atoms with Gasteiger partial charge in [-0.2, -0.15) is 0 Å². The van der Waals surface area contributed by atoms with Crippen molar-refractivity contribution < 1.29 is 22.7 Å². The van der Waals surface area contributed by atoms with Gasteiger partial charge in [0.05, 0.1) is 12.2 Å². The predicted molar refractivity (Wildman–Crippen MR) is 72.0 cm³/mol. The summed E-state index contributed by atoms with van der Waals surface area (Å²) in [5, 5.41) is 0. The van der Waals surface area contributed by atoms with Crippen molar-refractivity contribution in [3.05, 3.63) is 65.0 Å². The molecule has 0 aliphatic carbocycles. The minimum absolute atomic E-state index is 0.177. The molecular weight excluding hydrogens is 281 g/mol. The zero-order valence-corrected chi connectivity index (χ0v) is 11.3. The first-order valence-corrected chi connectivity index (χ1v) is 6.45. The number of ether oxygens (including phenoxy) is 1. The van der Waals surface area contributed by atoms with Gasteiger partial charge in [0.15, 0.2) is 23.2 Å². The Morgan fingerprint density at radius 3 is 2.33 bits per heavy atom. The lowest BCUT2D eigenvalue weighted by molar-refractivity contribution is 0.103. The molecule has 2 rings (SSSR count). The molecule has 0 aromatic heterocycles. The number of hydrogen-bond acceptors (Lipinski definition) is 2. The van der Waals surface area contributed by atoms with E-state index in [0.29, 0.717) is 24.5 Å². The molecule has 0 aliphatic rings. The molecule has 2 nitrogen and oxygen atoms in total. The average Bonchev–Trinajstić information content (AvgIpc) is 2.49. The lowest BCUT2D eigenvalue weighted by Gasteiger charge is -2.10. The summed E-state index contributed by atoms with van der Waals surface area (Å²) in [5.74, 6) is -4.69. The lowest BCUT2D eigenvalue weighted by Crippen LogP contribution is -2.07. The van der Waals surface area contributed by atoms with E-state index in [9.17, 15) is 18.0 Å². The first kappa shape index (κ1) is 15.1. The Balaban J connectivity index is 2.40. The first-order chi connectivity index (χ1) is 10.0. The molecule has 0 atom stereocenters. The molecule has 5 heteroatoms. The molecule has 2 aromatic carbocycles. The quantitative estimate of drug-likeness (QED) is 0.612. The Bertz CT molecular complexity index is 645. The topological polar surface area (TPSA) is 26.3 Å². The molecular formula is C16H13F3O2. The molecule has 0 unspecified atom stereocenters. The third-order valence-corrected chi connectivity index (χ3v) is 2.84. The largest absolute Gasteiger partial charge is 0.493 e. The maximum atomic E-state index is 13.2. The van der Waals surface area contributed by atoms with Gasteiger partial charge in [-0.25, -0.2) is 13.2 Å². The smallest absolute Gasteiger partial charge is 0.196 e. The van der Waals surface area contributed by atoms with Crippen molar-refractivity contribution in [1.29, 1.82) is 0 Å². The molecule has 0 saturated heterocycles. The van der Waals surface area contributed by atoms with E-state index in [2.05, 4.69) is 0 Å². The standard InChI is InChI=1S/C16H13F3O2/c1-2-7-21-14-6-4-3-5-11(14)16(20)10-8-12(17)15(19)13(18)9-10/h3-6,8-9H,2,7H2,1H3. The highest BCUT2D eigenvalue weighted by atomic mass is 19.2. The minimum atomic E-state index is -1.60. The molecule has 0 aliphatic heterocycles. The van der Waals surface area contributed by atoms with Crippen molar-refractivity contribution >= 4 is 5.78 Å². The second-order valence-corrected chi connectivity index (χ2v) is 4.43. The first-order valence-electron chi connectivity index (χ1n) is 6.45. The van der Waals surface area contributed by atoms with Crippen LogP contribution in [0.25, 0.3) is 0 Å². The van der Waals surface area contributed by atoms with Gasteiger partial charge in [0.25, 0.3) is 0 Å². The lowest BCUT2D eigenvalue weighted by atomic mass is 10.0. The Kier molecular flexibility index (Phi) is 4.62. The Hall–Kier alpha value is -2.30. The summed E-state index contributed by atoms with van der Waals surface area (Å²) in [4.78, 5) is 12.3. The number of halogens is 3. The van der Waals surface area contributed by atoms with Crippen LogP contribution in [0.3, 0.4) is 0 Å². The second kappa shape index (κ2) is 6.43. The van der Waals surface area contributed by atoms with Gasteiger partial charge in [-0.05, 0) is 30.7 Å². The fourth-order valence-corrected chi connectivity index (χ4v) is 1.83. The van der Waals surface area contributed by atoms with Crippen molar-refractivity contribution in [2.24, 2.45) is 0 Å². The maximum absolute atomic E-state index is 13.2. The van der Waals surface area contributed by atoms with Crippen molar-refractivity contribution in [3.8, 4) is 5.75 Å². The molecule has 21 heavy (non-hydrogen) atoms. The summed E-state index contributed by atoms with van der Waals surface area (Å²) in [5.41, 5.74) is -0.0877. The van der Waals surface area contributed by atoms with Crippen LogP contribution < -0.4 is 4.74 Å². The molecule has 0 bridgehead atoms. The summed E-state index contributed by atoms with van der Waals surface area (Å²) >= 11 is 0. The van der Waals surface area contributed by atoms with E-state index in [1.165, 1.54) is 6.07 Å². The molecule has 2 aromatic rings. The molecule has 0 fully saturated rings. The van der Waals surface area contributed by atoms with E-state index in [0.717, 1.165) is 6.42 Å². The number of carbonyl (C=O) groups is 1. The minimum Gasteiger partial charge on any atom is -0.493 e. The van der Waals surface area contributed by atoms with Crippen LogP contribution in [0.2, 0.25) is 0 Å². The Labute approximate surface area is 120 Å². The normalized spacial score (nSPS) is 10.5. The van der Waals surface area contributed by atoms with Gasteiger partial charge in [-0.15, -0.1) is 0 Å². The summed E-state index contributed by atoms with van der Waals surface area (Å²) in [6.07, 6.45) is 0.752. The summed E-state index contributed by atoms with van der Waals surface area (Å²) < 4.78 is 44.8. The summed E-state index contributed by atoms with van der Waals surface area (Å²) in [7, 11) is 0. The van der Waals surface area contributed by atoms with Crippen LogP contribution in [0, 0.1) is 17.5 Å². The number of para-hydroxylation sites is 1. The third-order valence-electron chi connectivity index (χ3n) is 2.84. The van der Waals surface area contributed by atoms with Crippen LogP contribution >= 0.6 is 0 Å². The Morgan fingerprint density at radius 2 is 1.71 bits per heavy atom. The van der Waals surface area contributed by atoms with E-state index in [-0.39, 0.29) is 11.1 Å². The Morgan fingerprint density at radius 1 is 1.10 bits per heavy atom. The highest BCUT2D eigenvalue weighted by Gasteiger charge is 2.19. The van der Waals surface area contributed by atoms with Gasteiger partial charge in [-0.1, -0.05) is 19.1 Å². The van der Waals surface area contributed by atoms with Gasteiger partial charge in [0, 0.05) is 5.56 Å². The van der Waals surface area contributed by atoms with E-state index in [4.69, 9.17) is 4.74 Å². The summed E-state index contributed by atoms with van der Waals surface area (Å²) in [6, 6.07) is 7.75. The van der Waals surface area contributed by atoms with Gasteiger partial charge in [0.1, 0.15) is 5.75 Å². The van der Waals surface area contributed by atoms with Crippen molar-refractivity contribution in [1.82, 2.24) is 0 Å². The van der Waals surface area contributed by atoms with Crippen molar-refractivity contribution in [2.45, 2.75) is 13.3 Å². The SMILES string of the molecule is CCCOc1ccccc1C(=O)c1cc(F)c(F)c(F)c1. The molecule has 0 heterocycles. The second-order valence-electron chi connectivity index (χ2n) is 4.43. The van der Waals surface area contributed by atoms with E-state index in [1.807, 2.05) is 6.92 Å². The zero-order chi connectivity index (χ0) is 15.4. The van der Waals surface area contributed by atoms with Gasteiger partial charge in [0.2, 0.25) is 0 Å². The molecule has 0 saturated carbocycles. The van der Waals surface area contributed by atoms with Crippen LogP contribution in [0.5, 0.6) is 5.75 Å². The van der Waals surface area contributed by atoms with Crippen LogP contribution in [-0.2, 0) is 0 Å². The number of rotatable bonds is 5. The van der Waals surface area contributed by atoms with Crippen LogP contribution in [0.1, 0.15) is 29.3 Å². The number of benzene rings is 2. The van der Waals surface area contributed by atoms with Crippen molar-refractivity contribution in [3.63, 3.8) is 0 Å².